The highest BCUT2D eigenvalue weighted by molar-refractivity contribution is 7.90. The van der Waals surface area contributed by atoms with E-state index >= 15 is 0 Å². The fraction of sp³-hybridized carbons (Fsp3) is 0.333. The zero-order valence-corrected chi connectivity index (χ0v) is 18.0. The summed E-state index contributed by atoms with van der Waals surface area (Å²) in [7, 11) is -3.42. The Hall–Kier alpha value is -2.58. The van der Waals surface area contributed by atoms with Crippen LogP contribution in [0.25, 0.3) is 11.1 Å². The predicted octanol–water partition coefficient (Wildman–Crippen LogP) is 2.35. The van der Waals surface area contributed by atoms with Crippen LogP contribution in [0, 0.1) is 5.92 Å². The van der Waals surface area contributed by atoms with Crippen LogP contribution in [0.3, 0.4) is 0 Å². The topological polar surface area (TPSA) is 101 Å². The molecule has 2 aliphatic rings. The summed E-state index contributed by atoms with van der Waals surface area (Å²) in [5.41, 5.74) is 7.74. The molecule has 7 nitrogen and oxygen atoms in total. The Kier molecular flexibility index (Phi) is 5.23. The van der Waals surface area contributed by atoms with E-state index in [-0.39, 0.29) is 28.7 Å². The number of hydrogen-bond acceptors (Lipinski definition) is 4. The molecule has 0 bridgehead atoms. The van der Waals surface area contributed by atoms with Crippen LogP contribution in [0.2, 0.25) is 5.02 Å². The van der Waals surface area contributed by atoms with Gasteiger partial charge in [-0.3, -0.25) is 4.79 Å². The van der Waals surface area contributed by atoms with Crippen molar-refractivity contribution in [2.24, 2.45) is 11.7 Å². The normalized spacial score (nSPS) is 17.4. The summed E-state index contributed by atoms with van der Waals surface area (Å²) in [5, 5.41) is 0.374. The van der Waals surface area contributed by atoms with Gasteiger partial charge >= 0.3 is 6.03 Å². The largest absolute Gasteiger partial charge is 0.369 e. The number of carbonyl (C=O) groups excluding carboxylic acids is 2. The van der Waals surface area contributed by atoms with Crippen molar-refractivity contribution in [1.82, 2.24) is 9.80 Å². The van der Waals surface area contributed by atoms with E-state index in [0.29, 0.717) is 36.8 Å². The Bertz CT molecular complexity index is 1110. The van der Waals surface area contributed by atoms with Crippen LogP contribution in [-0.4, -0.2) is 62.6 Å². The monoisotopic (exact) mass is 447 g/mol. The first-order valence-corrected chi connectivity index (χ1v) is 11.8. The number of hydrogen-bond donors (Lipinski definition) is 1. The van der Waals surface area contributed by atoms with Gasteiger partial charge in [0.15, 0.2) is 9.84 Å². The van der Waals surface area contributed by atoms with Crippen molar-refractivity contribution in [3.8, 4) is 11.1 Å². The summed E-state index contributed by atoms with van der Waals surface area (Å²) in [4.78, 5) is 27.1. The molecule has 2 N–H and O–H groups in total. The second-order valence-electron chi connectivity index (χ2n) is 7.92. The lowest BCUT2D eigenvalue weighted by Gasteiger charge is -2.46. The Morgan fingerprint density at radius 3 is 2.17 bits per heavy atom. The minimum absolute atomic E-state index is 0.0562. The lowest BCUT2D eigenvalue weighted by atomic mass is 9.90. The third-order valence-electron chi connectivity index (χ3n) is 5.74. The molecule has 2 aliphatic heterocycles. The van der Waals surface area contributed by atoms with Gasteiger partial charge in [0.05, 0.1) is 10.8 Å². The molecule has 30 heavy (non-hydrogen) atoms. The number of carbonyl (C=O) groups is 2. The summed E-state index contributed by atoms with van der Waals surface area (Å²) in [5.74, 6) is -0.362. The van der Waals surface area contributed by atoms with E-state index in [4.69, 9.17) is 17.3 Å². The van der Waals surface area contributed by atoms with Gasteiger partial charge in [0.2, 0.25) is 5.91 Å². The SMILES string of the molecule is CS(=O)(=O)c1cc(Cl)ccc1-c1ccc(C2CN(C(=O)N3CC(C(N)=O)C3)C2)cc1. The van der Waals surface area contributed by atoms with Crippen molar-refractivity contribution in [2.75, 3.05) is 32.4 Å². The molecule has 0 spiro atoms. The van der Waals surface area contributed by atoms with E-state index in [1.54, 1.807) is 21.9 Å². The van der Waals surface area contributed by atoms with Crippen molar-refractivity contribution >= 4 is 33.4 Å². The number of amides is 3. The maximum absolute atomic E-state index is 12.4. The number of nitrogens with two attached hydrogens (primary N) is 1. The number of primary amides is 1. The zero-order valence-electron chi connectivity index (χ0n) is 16.4. The van der Waals surface area contributed by atoms with Gasteiger partial charge in [-0.1, -0.05) is 41.9 Å². The third kappa shape index (κ3) is 3.89. The summed E-state index contributed by atoms with van der Waals surface area (Å²) in [6, 6.07) is 12.5. The van der Waals surface area contributed by atoms with Crippen LogP contribution >= 0.6 is 11.6 Å². The summed E-state index contributed by atoms with van der Waals surface area (Å²) < 4.78 is 24.3. The van der Waals surface area contributed by atoms with Crippen molar-refractivity contribution < 1.29 is 18.0 Å². The molecule has 9 heteroatoms. The van der Waals surface area contributed by atoms with Gasteiger partial charge in [-0.2, -0.15) is 0 Å². The minimum atomic E-state index is -3.42. The Labute approximate surface area is 180 Å². The quantitative estimate of drug-likeness (QED) is 0.777. The van der Waals surface area contributed by atoms with Crippen molar-refractivity contribution in [2.45, 2.75) is 10.8 Å². The molecule has 0 unspecified atom stereocenters. The van der Waals surface area contributed by atoms with Crippen LogP contribution in [0.5, 0.6) is 0 Å². The van der Waals surface area contributed by atoms with Gasteiger partial charge in [0.25, 0.3) is 0 Å². The second-order valence-corrected chi connectivity index (χ2v) is 10.3. The maximum atomic E-state index is 12.4. The number of likely N-dealkylation sites (tertiary alicyclic amines) is 2. The van der Waals surface area contributed by atoms with Crippen LogP contribution in [-0.2, 0) is 14.6 Å². The van der Waals surface area contributed by atoms with Gasteiger partial charge in [0.1, 0.15) is 0 Å². The minimum Gasteiger partial charge on any atom is -0.369 e. The van der Waals surface area contributed by atoms with E-state index in [1.807, 2.05) is 24.3 Å². The Balaban J connectivity index is 1.42. The fourth-order valence-electron chi connectivity index (χ4n) is 3.84. The van der Waals surface area contributed by atoms with Gasteiger partial charge in [-0.15, -0.1) is 0 Å². The number of urea groups is 1. The summed E-state index contributed by atoms with van der Waals surface area (Å²) in [6.07, 6.45) is 1.17. The second kappa shape index (κ2) is 7.59. The highest BCUT2D eigenvalue weighted by atomic mass is 35.5. The molecular formula is C21H22ClN3O4S. The molecule has 0 atom stereocenters. The Morgan fingerprint density at radius 2 is 1.60 bits per heavy atom. The first-order chi connectivity index (χ1) is 14.1. The van der Waals surface area contributed by atoms with E-state index in [2.05, 4.69) is 0 Å². The average Bonchev–Trinajstić information content (AvgIpc) is 2.59. The van der Waals surface area contributed by atoms with Crippen LogP contribution in [0.1, 0.15) is 11.5 Å². The van der Waals surface area contributed by atoms with Gasteiger partial charge in [0, 0.05) is 48.9 Å². The highest BCUT2D eigenvalue weighted by Gasteiger charge is 2.40. The smallest absolute Gasteiger partial charge is 0.320 e. The van der Waals surface area contributed by atoms with Crippen LogP contribution < -0.4 is 5.73 Å². The highest BCUT2D eigenvalue weighted by Crippen LogP contribution is 2.33. The summed E-state index contributed by atoms with van der Waals surface area (Å²) >= 11 is 5.98. The first kappa shape index (κ1) is 20.7. The molecule has 0 radical (unpaired) electrons. The van der Waals surface area contributed by atoms with E-state index in [1.165, 1.54) is 12.3 Å². The lowest BCUT2D eigenvalue weighted by molar-refractivity contribution is -0.125. The molecule has 3 amide bonds. The van der Waals surface area contributed by atoms with Crippen LogP contribution in [0.15, 0.2) is 47.4 Å². The number of sulfone groups is 1. The molecule has 0 aliphatic carbocycles. The zero-order chi connectivity index (χ0) is 21.6. The number of nitrogens with zero attached hydrogens (tertiary/aromatic N) is 2. The van der Waals surface area contributed by atoms with Gasteiger partial charge < -0.3 is 15.5 Å². The van der Waals surface area contributed by atoms with Gasteiger partial charge in [-0.05, 0) is 23.3 Å². The number of benzene rings is 2. The van der Waals surface area contributed by atoms with E-state index < -0.39 is 9.84 Å². The first-order valence-electron chi connectivity index (χ1n) is 9.56. The fourth-order valence-corrected chi connectivity index (χ4v) is 5.00. The molecule has 158 valence electrons. The van der Waals surface area contributed by atoms with E-state index in [9.17, 15) is 18.0 Å². The maximum Gasteiger partial charge on any atom is 0.320 e. The molecule has 4 rings (SSSR count). The standard InChI is InChI=1S/C21H22ClN3O4S/c1-30(28,29)19-8-17(22)6-7-18(19)14-4-2-13(3-5-14)15-9-24(10-15)21(27)25-11-16(12-25)20(23)26/h2-8,15-16H,9-12H2,1H3,(H2,23,26). The molecular weight excluding hydrogens is 426 g/mol. The number of rotatable bonds is 4. The molecule has 2 saturated heterocycles. The van der Waals surface area contributed by atoms with Gasteiger partial charge in [-0.25, -0.2) is 13.2 Å². The molecule has 2 aromatic carbocycles. The number of halogens is 1. The van der Waals surface area contributed by atoms with Crippen molar-refractivity contribution in [3.63, 3.8) is 0 Å². The van der Waals surface area contributed by atoms with Crippen LogP contribution in [0.4, 0.5) is 4.79 Å². The molecule has 0 aromatic heterocycles. The summed E-state index contributed by atoms with van der Waals surface area (Å²) in [6.45, 7) is 2.03. The predicted molar refractivity (Wildman–Crippen MR) is 114 cm³/mol. The third-order valence-corrected chi connectivity index (χ3v) is 7.11. The molecule has 2 fully saturated rings. The molecule has 2 aromatic rings. The molecule has 0 saturated carbocycles. The lowest BCUT2D eigenvalue weighted by Crippen LogP contribution is -2.61. The molecule has 2 heterocycles. The van der Waals surface area contributed by atoms with E-state index in [0.717, 1.165) is 11.1 Å². The average molecular weight is 448 g/mol. The Morgan fingerprint density at radius 1 is 1.00 bits per heavy atom. The van der Waals surface area contributed by atoms with Crippen molar-refractivity contribution in [3.05, 3.63) is 53.1 Å². The van der Waals surface area contributed by atoms with Crippen molar-refractivity contribution in [1.29, 1.82) is 0 Å².